The second kappa shape index (κ2) is 8.99. The van der Waals surface area contributed by atoms with Gasteiger partial charge in [0.15, 0.2) is 11.5 Å². The van der Waals surface area contributed by atoms with E-state index in [1.807, 2.05) is 61.5 Å². The Bertz CT molecular complexity index is 1830. The van der Waals surface area contributed by atoms with Crippen LogP contribution in [0.25, 0.3) is 32.5 Å². The van der Waals surface area contributed by atoms with Crippen LogP contribution in [0.1, 0.15) is 29.0 Å². The molecule has 4 aromatic heterocycles. The highest BCUT2D eigenvalue weighted by Crippen LogP contribution is 2.31. The van der Waals surface area contributed by atoms with Gasteiger partial charge in [0, 0.05) is 35.5 Å². The zero-order valence-electron chi connectivity index (χ0n) is 19.7. The highest BCUT2D eigenvalue weighted by atomic mass is 32.1. The molecule has 37 heavy (non-hydrogen) atoms. The van der Waals surface area contributed by atoms with Gasteiger partial charge in [0.25, 0.3) is 11.5 Å². The Kier molecular flexibility index (Phi) is 5.50. The van der Waals surface area contributed by atoms with Crippen LogP contribution in [0, 0.1) is 0 Å². The standard InChI is InChI=1S/C27H21N7O2S/c1-16(31-26(35)23-24(28)32-33-12-6-11-30-25(23)33)20-13-17-7-5-10-19(21-14-29-15-37-21)22(17)27(36)34(20)18-8-3-2-4-9-18/h2-16H,1H3,(H2,28,32)(H,31,35)/t16-/m0/s1. The number of hydrogen-bond acceptors (Lipinski definition) is 7. The molecule has 0 spiro atoms. The van der Waals surface area contributed by atoms with Crippen molar-refractivity contribution in [3.8, 4) is 16.1 Å². The predicted molar refractivity (Wildman–Crippen MR) is 144 cm³/mol. The molecule has 6 rings (SSSR count). The Balaban J connectivity index is 1.51. The highest BCUT2D eigenvalue weighted by molar-refractivity contribution is 7.13. The van der Waals surface area contributed by atoms with E-state index in [1.165, 1.54) is 15.9 Å². The molecule has 1 amide bonds. The molecule has 1 atom stereocenters. The van der Waals surface area contributed by atoms with E-state index >= 15 is 0 Å². The van der Waals surface area contributed by atoms with Crippen molar-refractivity contribution in [1.29, 1.82) is 0 Å². The number of thiazole rings is 1. The quantitative estimate of drug-likeness (QED) is 0.360. The summed E-state index contributed by atoms with van der Waals surface area (Å²) < 4.78 is 3.11. The molecule has 0 saturated heterocycles. The number of amides is 1. The van der Waals surface area contributed by atoms with E-state index in [0.717, 1.165) is 15.8 Å². The van der Waals surface area contributed by atoms with Crippen molar-refractivity contribution >= 4 is 39.5 Å². The number of rotatable bonds is 5. The van der Waals surface area contributed by atoms with Crippen molar-refractivity contribution in [2.24, 2.45) is 0 Å². The van der Waals surface area contributed by atoms with Crippen LogP contribution in [0.15, 0.2) is 89.6 Å². The highest BCUT2D eigenvalue weighted by Gasteiger charge is 2.24. The van der Waals surface area contributed by atoms with Gasteiger partial charge in [0.2, 0.25) is 0 Å². The number of nitrogens with one attached hydrogen (secondary N) is 1. The van der Waals surface area contributed by atoms with Gasteiger partial charge in [-0.15, -0.1) is 16.4 Å². The van der Waals surface area contributed by atoms with Gasteiger partial charge in [-0.2, -0.15) is 0 Å². The normalized spacial score (nSPS) is 12.1. The van der Waals surface area contributed by atoms with Crippen molar-refractivity contribution in [1.82, 2.24) is 29.5 Å². The van der Waals surface area contributed by atoms with Crippen molar-refractivity contribution in [2.45, 2.75) is 13.0 Å². The Hall–Kier alpha value is -4.83. The van der Waals surface area contributed by atoms with Crippen LogP contribution in [-0.4, -0.2) is 30.1 Å². The van der Waals surface area contributed by atoms with E-state index in [4.69, 9.17) is 5.73 Å². The number of para-hydroxylation sites is 1. The number of fused-ring (bicyclic) bond motifs is 2. The molecule has 0 unspecified atom stereocenters. The fraction of sp³-hybridized carbons (Fsp3) is 0.0741. The Morgan fingerprint density at radius 1 is 1.11 bits per heavy atom. The first-order valence-electron chi connectivity index (χ1n) is 11.6. The van der Waals surface area contributed by atoms with Gasteiger partial charge in [0.05, 0.1) is 21.8 Å². The molecule has 0 fully saturated rings. The number of nitrogens with two attached hydrogens (primary N) is 1. The van der Waals surface area contributed by atoms with Gasteiger partial charge < -0.3 is 11.1 Å². The second-order valence-electron chi connectivity index (χ2n) is 8.52. The lowest BCUT2D eigenvalue weighted by molar-refractivity contribution is 0.0941. The number of benzene rings is 2. The summed E-state index contributed by atoms with van der Waals surface area (Å²) >= 11 is 1.48. The average Bonchev–Trinajstić information content (AvgIpc) is 3.56. The van der Waals surface area contributed by atoms with Crippen LogP contribution in [0.5, 0.6) is 0 Å². The molecular weight excluding hydrogens is 486 g/mol. The Morgan fingerprint density at radius 3 is 2.73 bits per heavy atom. The molecule has 9 nitrogen and oxygen atoms in total. The van der Waals surface area contributed by atoms with Crippen LogP contribution in [0.2, 0.25) is 0 Å². The van der Waals surface area contributed by atoms with E-state index in [-0.39, 0.29) is 16.9 Å². The molecule has 2 aromatic carbocycles. The van der Waals surface area contributed by atoms with Crippen molar-refractivity contribution in [2.75, 3.05) is 5.73 Å². The van der Waals surface area contributed by atoms with Crippen LogP contribution in [0.4, 0.5) is 5.82 Å². The number of carbonyl (C=O) groups is 1. The molecule has 0 radical (unpaired) electrons. The first-order chi connectivity index (χ1) is 18.0. The molecular formula is C27H21N7O2S. The van der Waals surface area contributed by atoms with Gasteiger partial charge in [-0.25, -0.2) is 9.50 Å². The summed E-state index contributed by atoms with van der Waals surface area (Å²) in [5, 5.41) is 8.54. The number of anilines is 1. The van der Waals surface area contributed by atoms with Crippen molar-refractivity contribution in [3.05, 3.63) is 106 Å². The molecule has 0 bridgehead atoms. The summed E-state index contributed by atoms with van der Waals surface area (Å²) in [5.74, 6) is -0.346. The summed E-state index contributed by atoms with van der Waals surface area (Å²) in [4.78, 5) is 36.8. The first-order valence-corrected chi connectivity index (χ1v) is 12.4. The molecule has 4 heterocycles. The minimum absolute atomic E-state index is 0.0801. The third kappa shape index (κ3) is 3.83. The van der Waals surface area contributed by atoms with Crippen LogP contribution in [0.3, 0.4) is 0 Å². The van der Waals surface area contributed by atoms with E-state index in [0.29, 0.717) is 22.4 Å². The number of aromatic nitrogens is 5. The lowest BCUT2D eigenvalue weighted by atomic mass is 10.0. The van der Waals surface area contributed by atoms with E-state index in [2.05, 4.69) is 20.4 Å². The van der Waals surface area contributed by atoms with Gasteiger partial charge in [-0.05, 0) is 36.6 Å². The SMILES string of the molecule is C[C@H](NC(=O)c1c(N)nn2cccnc12)c1cc2cccc(-c3cncs3)c2c(=O)n1-c1ccccc1. The van der Waals surface area contributed by atoms with E-state index in [9.17, 15) is 9.59 Å². The van der Waals surface area contributed by atoms with Crippen LogP contribution >= 0.6 is 11.3 Å². The number of nitrogens with zero attached hydrogens (tertiary/aromatic N) is 5. The molecule has 10 heteroatoms. The lowest BCUT2D eigenvalue weighted by Crippen LogP contribution is -2.32. The van der Waals surface area contributed by atoms with Gasteiger partial charge in [-0.1, -0.05) is 36.4 Å². The zero-order valence-corrected chi connectivity index (χ0v) is 20.5. The minimum Gasteiger partial charge on any atom is -0.381 e. The van der Waals surface area contributed by atoms with Crippen LogP contribution < -0.4 is 16.6 Å². The van der Waals surface area contributed by atoms with Gasteiger partial charge in [0.1, 0.15) is 5.56 Å². The number of pyridine rings is 1. The largest absolute Gasteiger partial charge is 0.381 e. The minimum atomic E-state index is -0.546. The maximum atomic E-state index is 14.1. The molecule has 0 saturated carbocycles. The molecule has 0 aliphatic heterocycles. The zero-order chi connectivity index (χ0) is 25.5. The fourth-order valence-corrected chi connectivity index (χ4v) is 5.22. The average molecular weight is 508 g/mol. The molecule has 0 aliphatic rings. The third-order valence-electron chi connectivity index (χ3n) is 6.23. The third-order valence-corrected chi connectivity index (χ3v) is 7.03. The summed E-state index contributed by atoms with van der Waals surface area (Å²) in [6.45, 7) is 1.83. The summed E-state index contributed by atoms with van der Waals surface area (Å²) in [7, 11) is 0. The van der Waals surface area contributed by atoms with E-state index < -0.39 is 11.9 Å². The molecule has 182 valence electrons. The smallest absolute Gasteiger partial charge is 0.263 e. The number of hydrogen-bond donors (Lipinski definition) is 2. The van der Waals surface area contributed by atoms with E-state index in [1.54, 1.807) is 34.7 Å². The molecule has 3 N–H and O–H groups in total. The molecule has 0 aliphatic carbocycles. The maximum absolute atomic E-state index is 14.1. The Morgan fingerprint density at radius 2 is 1.95 bits per heavy atom. The van der Waals surface area contributed by atoms with Crippen molar-refractivity contribution in [3.63, 3.8) is 0 Å². The van der Waals surface area contributed by atoms with Gasteiger partial charge in [-0.3, -0.25) is 19.1 Å². The predicted octanol–water partition coefficient (Wildman–Crippen LogP) is 4.23. The topological polar surface area (TPSA) is 120 Å². The summed E-state index contributed by atoms with van der Waals surface area (Å²) in [6.07, 6.45) is 5.01. The van der Waals surface area contributed by atoms with Crippen LogP contribution in [-0.2, 0) is 0 Å². The molecule has 6 aromatic rings. The van der Waals surface area contributed by atoms with Crippen molar-refractivity contribution < 1.29 is 4.79 Å². The Labute approximate surface area is 214 Å². The number of nitrogen functional groups attached to an aromatic ring is 1. The monoisotopic (exact) mass is 507 g/mol. The fourth-order valence-electron chi connectivity index (χ4n) is 4.56. The summed E-state index contributed by atoms with van der Waals surface area (Å²) in [6, 6.07) is 18.2. The van der Waals surface area contributed by atoms with Gasteiger partial charge >= 0.3 is 0 Å². The second-order valence-corrected chi connectivity index (χ2v) is 9.41. The summed E-state index contributed by atoms with van der Waals surface area (Å²) in [5.41, 5.74) is 10.3. The first kappa shape index (κ1) is 22.6. The number of carbonyl (C=O) groups excluding carboxylic acids is 1. The maximum Gasteiger partial charge on any atom is 0.263 e. The lowest BCUT2D eigenvalue weighted by Gasteiger charge is -2.21.